The van der Waals surface area contributed by atoms with Crippen LogP contribution in [0.5, 0.6) is 0 Å². The number of rotatable bonds is 4. The van der Waals surface area contributed by atoms with E-state index in [-0.39, 0.29) is 0 Å². The van der Waals surface area contributed by atoms with E-state index in [0.717, 1.165) is 0 Å². The van der Waals surface area contributed by atoms with Gasteiger partial charge in [-0.1, -0.05) is 132 Å². The third-order valence-corrected chi connectivity index (χ3v) is 12.1. The van der Waals surface area contributed by atoms with Crippen LogP contribution in [-0.4, -0.2) is 9.13 Å². The summed E-state index contributed by atoms with van der Waals surface area (Å²) in [6.07, 6.45) is 0. The van der Waals surface area contributed by atoms with Gasteiger partial charge in [-0.2, -0.15) is 0 Å². The number of aromatic nitrogens is 2. The van der Waals surface area contributed by atoms with Crippen molar-refractivity contribution in [1.82, 2.24) is 9.13 Å². The predicted molar refractivity (Wildman–Crippen MR) is 237 cm³/mol. The van der Waals surface area contributed by atoms with E-state index in [1.165, 1.54) is 121 Å². The van der Waals surface area contributed by atoms with Crippen molar-refractivity contribution < 1.29 is 0 Å². The molecule has 0 saturated heterocycles. The van der Waals surface area contributed by atoms with Crippen molar-refractivity contribution in [3.8, 4) is 55.9 Å². The van der Waals surface area contributed by atoms with Crippen LogP contribution < -0.4 is 0 Å². The smallest absolute Gasteiger partial charge is 0.0541 e. The molecule has 1 aliphatic carbocycles. The Morgan fingerprint density at radius 3 is 1.55 bits per heavy atom. The first-order valence-electron chi connectivity index (χ1n) is 19.5. The van der Waals surface area contributed by atoms with Gasteiger partial charge in [0.15, 0.2) is 0 Å². The zero-order chi connectivity index (χ0) is 37.1. The van der Waals surface area contributed by atoms with Gasteiger partial charge in [0.2, 0.25) is 0 Å². The number of hydrogen-bond donors (Lipinski definition) is 0. The molecule has 0 spiro atoms. The van der Waals surface area contributed by atoms with Crippen molar-refractivity contribution in [2.24, 2.45) is 0 Å². The molecule has 0 unspecified atom stereocenters. The normalized spacial score (nSPS) is 12.1. The molecular formula is C54H36N2. The Hall–Kier alpha value is -7.16. The predicted octanol–water partition coefficient (Wildman–Crippen LogP) is 14.6. The van der Waals surface area contributed by atoms with Crippen LogP contribution in [0.1, 0.15) is 11.1 Å². The zero-order valence-electron chi connectivity index (χ0n) is 31.2. The average molecular weight is 713 g/mol. The second-order valence-electron chi connectivity index (χ2n) is 15.5. The first-order chi connectivity index (χ1) is 27.6. The Balaban J connectivity index is 1.02. The lowest BCUT2D eigenvalue weighted by Gasteiger charge is -2.13. The van der Waals surface area contributed by atoms with E-state index in [2.05, 4.69) is 205 Å². The monoisotopic (exact) mass is 712 g/mol. The SMILES string of the molecule is Cc1cc(C)cc(-c2ccc3c(c2)-c2cccc4c(-n5c6ccccc6c6cc(-c7ccc8c(c7)c7ccccc7n8-c7ccccc7)ccc65)ccc-3c24)c1. The van der Waals surface area contributed by atoms with Gasteiger partial charge in [-0.25, -0.2) is 0 Å². The van der Waals surface area contributed by atoms with Gasteiger partial charge in [0.25, 0.3) is 0 Å². The number of hydrogen-bond acceptors (Lipinski definition) is 0. The van der Waals surface area contributed by atoms with Gasteiger partial charge in [0.05, 0.1) is 27.8 Å². The van der Waals surface area contributed by atoms with Gasteiger partial charge in [0, 0.05) is 32.6 Å². The van der Waals surface area contributed by atoms with Gasteiger partial charge in [0.1, 0.15) is 0 Å². The summed E-state index contributed by atoms with van der Waals surface area (Å²) in [6.45, 7) is 4.37. The van der Waals surface area contributed by atoms with Crippen LogP contribution >= 0.6 is 0 Å². The number of nitrogens with zero attached hydrogens (tertiary/aromatic N) is 2. The lowest BCUT2D eigenvalue weighted by molar-refractivity contribution is 1.18. The molecule has 0 saturated carbocycles. The number of aryl methyl sites for hydroxylation is 2. The topological polar surface area (TPSA) is 9.86 Å². The van der Waals surface area contributed by atoms with Crippen LogP contribution in [0, 0.1) is 13.8 Å². The highest BCUT2D eigenvalue weighted by Gasteiger charge is 2.25. The first kappa shape index (κ1) is 31.2. The van der Waals surface area contributed by atoms with Gasteiger partial charge >= 0.3 is 0 Å². The minimum absolute atomic E-state index is 1.18. The summed E-state index contributed by atoms with van der Waals surface area (Å²) in [6, 6.07) is 67.7. The molecule has 11 aromatic rings. The van der Waals surface area contributed by atoms with Crippen molar-refractivity contribution in [2.45, 2.75) is 13.8 Å². The van der Waals surface area contributed by atoms with E-state index in [0.29, 0.717) is 0 Å². The standard InChI is InChI=1S/C54H36N2/c1-33-27-34(2)29-38(28-33)37-19-22-40-44-23-26-51(45-16-10-15-43(54(44)45)46(40)30-37)56-50-18-9-7-14-42(50)48-32-36(21-25-53(48)56)35-20-24-52-47(31-35)41-13-6-8-17-49(41)55(52)39-11-4-3-5-12-39/h3-32H,1-2H3. The summed E-state index contributed by atoms with van der Waals surface area (Å²) in [7, 11) is 0. The average Bonchev–Trinajstić information content (AvgIpc) is 3.87. The fraction of sp³-hybridized carbons (Fsp3) is 0.0370. The highest BCUT2D eigenvalue weighted by Crippen LogP contribution is 2.50. The Morgan fingerprint density at radius 1 is 0.304 bits per heavy atom. The molecule has 0 radical (unpaired) electrons. The molecule has 0 atom stereocenters. The molecule has 2 heterocycles. The van der Waals surface area contributed by atoms with Crippen LogP contribution in [0.4, 0.5) is 0 Å². The fourth-order valence-corrected chi connectivity index (χ4v) is 9.78. The first-order valence-corrected chi connectivity index (χ1v) is 19.5. The van der Waals surface area contributed by atoms with Crippen LogP contribution in [0.25, 0.3) is 110 Å². The summed E-state index contributed by atoms with van der Waals surface area (Å²) in [5.74, 6) is 0. The van der Waals surface area contributed by atoms with Gasteiger partial charge in [-0.15, -0.1) is 0 Å². The summed E-state index contributed by atoms with van der Waals surface area (Å²) in [4.78, 5) is 0. The minimum Gasteiger partial charge on any atom is -0.309 e. The molecule has 0 amide bonds. The highest BCUT2D eigenvalue weighted by molar-refractivity contribution is 6.19. The Bertz CT molecular complexity index is 3410. The van der Waals surface area contributed by atoms with Crippen molar-refractivity contribution >= 4 is 54.4 Å². The number of benzene rings is 9. The molecule has 0 bridgehead atoms. The minimum atomic E-state index is 1.18. The van der Waals surface area contributed by atoms with E-state index < -0.39 is 0 Å². The third-order valence-electron chi connectivity index (χ3n) is 12.1. The lowest BCUT2D eigenvalue weighted by Crippen LogP contribution is -1.95. The lowest BCUT2D eigenvalue weighted by atomic mass is 9.95. The summed E-state index contributed by atoms with van der Waals surface area (Å²) in [5, 5.41) is 7.66. The van der Waals surface area contributed by atoms with E-state index in [9.17, 15) is 0 Å². The summed E-state index contributed by atoms with van der Waals surface area (Å²) in [5.41, 5.74) is 20.1. The van der Waals surface area contributed by atoms with Crippen molar-refractivity contribution in [2.75, 3.05) is 0 Å². The maximum Gasteiger partial charge on any atom is 0.0541 e. The second-order valence-corrected chi connectivity index (χ2v) is 15.5. The van der Waals surface area contributed by atoms with Crippen molar-refractivity contribution in [3.63, 3.8) is 0 Å². The van der Waals surface area contributed by atoms with Crippen molar-refractivity contribution in [3.05, 3.63) is 193 Å². The number of fused-ring (bicyclic) bond motifs is 9. The Labute approximate surface area is 325 Å². The molecule has 0 fully saturated rings. The molecule has 56 heavy (non-hydrogen) atoms. The fourth-order valence-electron chi connectivity index (χ4n) is 9.78. The summed E-state index contributed by atoms with van der Waals surface area (Å²) >= 11 is 0. The maximum absolute atomic E-state index is 2.48. The van der Waals surface area contributed by atoms with Gasteiger partial charge in [-0.3, -0.25) is 0 Å². The second kappa shape index (κ2) is 11.7. The molecular weight excluding hydrogens is 677 g/mol. The van der Waals surface area contributed by atoms with E-state index >= 15 is 0 Å². The Kier molecular flexibility index (Phi) is 6.50. The summed E-state index contributed by atoms with van der Waals surface area (Å²) < 4.78 is 4.86. The van der Waals surface area contributed by atoms with Crippen LogP contribution in [-0.2, 0) is 0 Å². The van der Waals surface area contributed by atoms with Crippen LogP contribution in [0.3, 0.4) is 0 Å². The maximum atomic E-state index is 2.48. The quantitative estimate of drug-likeness (QED) is 0.172. The molecule has 1 aliphatic rings. The molecule has 2 heteroatoms. The van der Waals surface area contributed by atoms with Crippen molar-refractivity contribution in [1.29, 1.82) is 0 Å². The molecule has 2 aromatic heterocycles. The molecule has 0 aliphatic heterocycles. The molecule has 0 N–H and O–H groups in total. The number of para-hydroxylation sites is 3. The Morgan fingerprint density at radius 2 is 0.839 bits per heavy atom. The molecule has 9 aromatic carbocycles. The van der Waals surface area contributed by atoms with E-state index in [1.54, 1.807) is 0 Å². The highest BCUT2D eigenvalue weighted by atomic mass is 15.0. The zero-order valence-corrected chi connectivity index (χ0v) is 31.2. The van der Waals surface area contributed by atoms with E-state index in [1.807, 2.05) is 0 Å². The third kappa shape index (κ3) is 4.44. The van der Waals surface area contributed by atoms with E-state index in [4.69, 9.17) is 0 Å². The van der Waals surface area contributed by atoms with Crippen LogP contribution in [0.15, 0.2) is 182 Å². The molecule has 12 rings (SSSR count). The molecule has 262 valence electrons. The largest absolute Gasteiger partial charge is 0.309 e. The van der Waals surface area contributed by atoms with Crippen LogP contribution in [0.2, 0.25) is 0 Å². The molecule has 2 nitrogen and oxygen atoms in total. The van der Waals surface area contributed by atoms with Gasteiger partial charge in [-0.05, 0) is 124 Å². The van der Waals surface area contributed by atoms with Gasteiger partial charge < -0.3 is 9.13 Å².